The molecule has 1 saturated carbocycles. The quantitative estimate of drug-likeness (QED) is 0.504. The number of amides is 4. The first kappa shape index (κ1) is 26.8. The minimum absolute atomic E-state index is 0.0396. The highest BCUT2D eigenvalue weighted by Crippen LogP contribution is 2.65. The van der Waals surface area contributed by atoms with Gasteiger partial charge in [0.25, 0.3) is 0 Å². The van der Waals surface area contributed by atoms with Crippen LogP contribution in [0.15, 0.2) is 0 Å². The number of fused-ring (bicyclic) bond motifs is 1. The third-order valence-electron chi connectivity index (χ3n) is 7.56. The summed E-state index contributed by atoms with van der Waals surface area (Å²) >= 11 is 0. The third kappa shape index (κ3) is 5.23. The summed E-state index contributed by atoms with van der Waals surface area (Å²) in [4.78, 5) is 51.6. The maximum atomic E-state index is 13.5. The Morgan fingerprint density at radius 3 is 2.34 bits per heavy atom. The van der Waals surface area contributed by atoms with Gasteiger partial charge in [-0.05, 0) is 35.5 Å². The van der Waals surface area contributed by atoms with E-state index < -0.39 is 53.4 Å². The van der Waals surface area contributed by atoms with Gasteiger partial charge in [0, 0.05) is 19.0 Å². The van der Waals surface area contributed by atoms with E-state index in [-0.39, 0.29) is 36.1 Å². The van der Waals surface area contributed by atoms with E-state index in [0.29, 0.717) is 13.0 Å². The number of carbonyl (C=O) groups excluding carboxylic acids is 4. The molecule has 2 aliphatic heterocycles. The Morgan fingerprint density at radius 1 is 1.23 bits per heavy atom. The van der Waals surface area contributed by atoms with Gasteiger partial charge in [0.15, 0.2) is 0 Å². The number of piperidine rings is 1. The van der Waals surface area contributed by atoms with Crippen LogP contribution in [0.1, 0.15) is 47.5 Å². The van der Waals surface area contributed by atoms with Crippen LogP contribution in [-0.4, -0.2) is 65.9 Å². The van der Waals surface area contributed by atoms with Crippen molar-refractivity contribution in [3.05, 3.63) is 0 Å². The highest BCUT2D eigenvalue weighted by molar-refractivity contribution is 5.95. The summed E-state index contributed by atoms with van der Waals surface area (Å²) in [5.74, 6) is -4.46. The molecule has 9 nitrogen and oxygen atoms in total. The predicted molar refractivity (Wildman–Crippen MR) is 117 cm³/mol. The normalized spacial score (nSPS) is 28.9. The zero-order chi connectivity index (χ0) is 26.5. The summed E-state index contributed by atoms with van der Waals surface area (Å²) < 4.78 is 38.8. The molecule has 12 heteroatoms. The molecular formula is C23H32F3N5O4. The first-order valence-corrected chi connectivity index (χ1v) is 11.7. The number of nitrogens with zero attached hydrogens (tertiary/aromatic N) is 2. The second kappa shape index (κ2) is 8.99. The lowest BCUT2D eigenvalue weighted by atomic mass is 9.85. The molecule has 194 valence electrons. The number of hydrogen-bond donors (Lipinski definition) is 3. The van der Waals surface area contributed by atoms with Gasteiger partial charge in [-0.25, -0.2) is 0 Å². The van der Waals surface area contributed by atoms with E-state index in [2.05, 4.69) is 10.6 Å². The van der Waals surface area contributed by atoms with Crippen LogP contribution in [0.5, 0.6) is 0 Å². The Balaban J connectivity index is 1.81. The average molecular weight is 500 g/mol. The molecule has 1 aliphatic carbocycles. The molecule has 0 radical (unpaired) electrons. The van der Waals surface area contributed by atoms with Crippen molar-refractivity contribution >= 4 is 23.6 Å². The molecule has 3 aliphatic rings. The number of rotatable bonds is 6. The summed E-state index contributed by atoms with van der Waals surface area (Å²) in [7, 11) is 0. The molecule has 0 aromatic heterocycles. The maximum Gasteiger partial charge on any atom is 0.471 e. The molecule has 0 spiro atoms. The molecule has 3 fully saturated rings. The summed E-state index contributed by atoms with van der Waals surface area (Å²) in [5.41, 5.74) is -1.33. The molecule has 3 unspecified atom stereocenters. The van der Waals surface area contributed by atoms with Crippen LogP contribution in [0.3, 0.4) is 0 Å². The smallest absolute Gasteiger partial charge is 0.356 e. The molecule has 0 aromatic rings. The van der Waals surface area contributed by atoms with Crippen molar-refractivity contribution in [1.82, 2.24) is 20.9 Å². The largest absolute Gasteiger partial charge is 0.471 e. The lowest BCUT2D eigenvalue weighted by molar-refractivity contribution is -0.176. The number of carbonyl (C=O) groups is 4. The van der Waals surface area contributed by atoms with Crippen LogP contribution < -0.4 is 16.0 Å². The van der Waals surface area contributed by atoms with Crippen molar-refractivity contribution in [1.29, 1.82) is 5.26 Å². The predicted octanol–water partition coefficient (Wildman–Crippen LogP) is 1.10. The van der Waals surface area contributed by atoms with Crippen molar-refractivity contribution in [2.24, 2.45) is 28.6 Å². The number of halogens is 3. The Morgan fingerprint density at radius 2 is 1.86 bits per heavy atom. The van der Waals surface area contributed by atoms with Crippen LogP contribution in [0.4, 0.5) is 13.2 Å². The molecule has 0 bridgehead atoms. The van der Waals surface area contributed by atoms with E-state index >= 15 is 0 Å². The van der Waals surface area contributed by atoms with Crippen LogP contribution in [0.25, 0.3) is 0 Å². The number of alkyl halides is 3. The lowest BCUT2D eigenvalue weighted by Gasteiger charge is -2.37. The van der Waals surface area contributed by atoms with E-state index in [1.54, 1.807) is 5.32 Å². The molecule has 3 rings (SSSR count). The van der Waals surface area contributed by atoms with Crippen LogP contribution in [0.2, 0.25) is 0 Å². The van der Waals surface area contributed by atoms with E-state index in [4.69, 9.17) is 0 Å². The molecular weight excluding hydrogens is 467 g/mol. The molecule has 0 aromatic carbocycles. The van der Waals surface area contributed by atoms with Crippen molar-refractivity contribution in [2.75, 3.05) is 13.1 Å². The molecule has 6 atom stereocenters. The fourth-order valence-corrected chi connectivity index (χ4v) is 5.40. The fourth-order valence-electron chi connectivity index (χ4n) is 5.40. The van der Waals surface area contributed by atoms with Gasteiger partial charge in [-0.3, -0.25) is 19.2 Å². The van der Waals surface area contributed by atoms with Gasteiger partial charge in [0.2, 0.25) is 17.7 Å². The maximum absolute atomic E-state index is 13.5. The van der Waals surface area contributed by atoms with Gasteiger partial charge in [0.1, 0.15) is 18.1 Å². The standard InChI is InChI=1S/C23H32F3N5O4/c1-21(2,3)16(30-20(35)23(24,25)26)19(34)31-10-13-14(22(13,4)5)15(31)18(33)29-12(9-27)8-11-6-7-28-17(11)32/h11-16H,6-8,10H2,1-5H3,(H,28,32)(H,29,33)(H,30,35)/t11-,12-,13?,14?,15?,16+/m0/s1. The van der Waals surface area contributed by atoms with Crippen molar-refractivity contribution in [2.45, 2.75) is 71.8 Å². The zero-order valence-electron chi connectivity index (χ0n) is 20.5. The fraction of sp³-hybridized carbons (Fsp3) is 0.783. The summed E-state index contributed by atoms with van der Waals surface area (Å²) in [5, 5.41) is 16.7. The van der Waals surface area contributed by atoms with E-state index in [1.165, 1.54) is 25.7 Å². The number of hydrogen-bond acceptors (Lipinski definition) is 5. The van der Waals surface area contributed by atoms with Crippen LogP contribution in [-0.2, 0) is 19.2 Å². The lowest BCUT2D eigenvalue weighted by Crippen LogP contribution is -2.61. The van der Waals surface area contributed by atoms with Gasteiger partial charge < -0.3 is 20.9 Å². The summed E-state index contributed by atoms with van der Waals surface area (Å²) in [6.07, 6.45) is -4.49. The summed E-state index contributed by atoms with van der Waals surface area (Å²) in [6.45, 7) is 9.13. The van der Waals surface area contributed by atoms with Gasteiger partial charge in [-0.15, -0.1) is 0 Å². The Labute approximate surface area is 202 Å². The van der Waals surface area contributed by atoms with Gasteiger partial charge in [0.05, 0.1) is 6.07 Å². The Bertz CT molecular complexity index is 952. The van der Waals surface area contributed by atoms with Crippen molar-refractivity contribution < 1.29 is 32.3 Å². The monoisotopic (exact) mass is 499 g/mol. The first-order valence-electron chi connectivity index (χ1n) is 11.7. The second-order valence-electron chi connectivity index (χ2n) is 11.4. The molecule has 35 heavy (non-hydrogen) atoms. The number of nitrogens with one attached hydrogen (secondary N) is 3. The highest BCUT2D eigenvalue weighted by Gasteiger charge is 2.70. The topological polar surface area (TPSA) is 131 Å². The number of likely N-dealkylation sites (tertiary alicyclic amines) is 1. The third-order valence-corrected chi connectivity index (χ3v) is 7.56. The Hall–Kier alpha value is -2.84. The molecule has 2 heterocycles. The Kier molecular flexibility index (Phi) is 6.87. The van der Waals surface area contributed by atoms with Gasteiger partial charge >= 0.3 is 12.1 Å². The minimum atomic E-state index is -5.16. The minimum Gasteiger partial charge on any atom is -0.356 e. The van der Waals surface area contributed by atoms with Crippen molar-refractivity contribution in [3.63, 3.8) is 0 Å². The van der Waals surface area contributed by atoms with Crippen LogP contribution in [0, 0.1) is 39.9 Å². The first-order chi connectivity index (χ1) is 16.0. The van der Waals surface area contributed by atoms with E-state index in [9.17, 15) is 37.6 Å². The second-order valence-corrected chi connectivity index (χ2v) is 11.4. The molecule has 4 amide bonds. The zero-order valence-corrected chi connectivity index (χ0v) is 20.5. The van der Waals surface area contributed by atoms with E-state index in [1.807, 2.05) is 19.9 Å². The van der Waals surface area contributed by atoms with Gasteiger partial charge in [-0.1, -0.05) is 34.6 Å². The van der Waals surface area contributed by atoms with Gasteiger partial charge in [-0.2, -0.15) is 18.4 Å². The SMILES string of the molecule is CC1(C)C2CN(C(=O)[C@@H](NC(=O)C(F)(F)F)C(C)(C)C)C(C(=O)N[C@H](C#N)C[C@@H]3CCNC3=O)C21. The number of nitriles is 1. The molecule has 3 N–H and O–H groups in total. The molecule has 2 saturated heterocycles. The van der Waals surface area contributed by atoms with E-state index in [0.717, 1.165) is 0 Å². The highest BCUT2D eigenvalue weighted by atomic mass is 19.4. The van der Waals surface area contributed by atoms with Crippen LogP contribution >= 0.6 is 0 Å². The average Bonchev–Trinajstić information content (AvgIpc) is 3.10. The summed E-state index contributed by atoms with van der Waals surface area (Å²) in [6, 6.07) is -1.48. The van der Waals surface area contributed by atoms with Crippen molar-refractivity contribution in [3.8, 4) is 6.07 Å².